The Labute approximate surface area is 87.0 Å². The summed E-state index contributed by atoms with van der Waals surface area (Å²) >= 11 is 0. The average Bonchev–Trinajstić information content (AvgIpc) is 2.16. The average molecular weight is 201 g/mol. The monoisotopic (exact) mass is 201 g/mol. The first-order valence-electron chi connectivity index (χ1n) is 5.17. The summed E-state index contributed by atoms with van der Waals surface area (Å²) in [5.41, 5.74) is 5.46. The predicted molar refractivity (Wildman–Crippen MR) is 59.1 cm³/mol. The van der Waals surface area contributed by atoms with E-state index < -0.39 is 0 Å². The van der Waals surface area contributed by atoms with Crippen LogP contribution in [-0.2, 0) is 4.79 Å². The molecular formula is C10H23N3O. The van der Waals surface area contributed by atoms with Crippen LogP contribution in [0.25, 0.3) is 0 Å². The zero-order valence-electron chi connectivity index (χ0n) is 9.79. The molecule has 14 heavy (non-hydrogen) atoms. The molecular weight excluding hydrogens is 178 g/mol. The van der Waals surface area contributed by atoms with Gasteiger partial charge in [0.25, 0.3) is 0 Å². The zero-order valence-corrected chi connectivity index (χ0v) is 9.79. The highest BCUT2D eigenvalue weighted by Gasteiger charge is 2.14. The van der Waals surface area contributed by atoms with E-state index in [1.807, 2.05) is 25.9 Å². The zero-order chi connectivity index (χ0) is 11.1. The van der Waals surface area contributed by atoms with Crippen molar-refractivity contribution in [2.75, 3.05) is 33.7 Å². The molecule has 2 N–H and O–H groups in total. The molecule has 0 aromatic rings. The largest absolute Gasteiger partial charge is 0.345 e. The highest BCUT2D eigenvalue weighted by atomic mass is 16.2. The smallest absolute Gasteiger partial charge is 0.236 e. The van der Waals surface area contributed by atoms with Crippen LogP contribution < -0.4 is 5.73 Å². The Morgan fingerprint density at radius 3 is 2.43 bits per heavy atom. The van der Waals surface area contributed by atoms with Gasteiger partial charge in [-0.15, -0.1) is 0 Å². The first kappa shape index (κ1) is 13.4. The standard InChI is InChI=1S/C10H23N3O/c1-5-12(3)10(14)8-13(4)9(2)6-7-11/h9H,5-8,11H2,1-4H3. The van der Waals surface area contributed by atoms with Crippen LogP contribution in [0.5, 0.6) is 0 Å². The second-order valence-electron chi connectivity index (χ2n) is 3.75. The number of nitrogens with two attached hydrogens (primary N) is 1. The maximum Gasteiger partial charge on any atom is 0.236 e. The van der Waals surface area contributed by atoms with E-state index in [2.05, 4.69) is 6.92 Å². The molecule has 4 nitrogen and oxygen atoms in total. The van der Waals surface area contributed by atoms with Crippen molar-refractivity contribution in [1.29, 1.82) is 0 Å². The lowest BCUT2D eigenvalue weighted by atomic mass is 10.2. The molecule has 0 spiro atoms. The van der Waals surface area contributed by atoms with Crippen LogP contribution in [0.15, 0.2) is 0 Å². The molecule has 0 aliphatic heterocycles. The molecule has 0 aliphatic carbocycles. The molecule has 0 saturated carbocycles. The number of rotatable bonds is 6. The third kappa shape index (κ3) is 4.58. The van der Waals surface area contributed by atoms with Crippen molar-refractivity contribution in [1.82, 2.24) is 9.80 Å². The molecule has 0 fully saturated rings. The van der Waals surface area contributed by atoms with E-state index >= 15 is 0 Å². The van der Waals surface area contributed by atoms with Crippen LogP contribution in [0.1, 0.15) is 20.3 Å². The summed E-state index contributed by atoms with van der Waals surface area (Å²) in [4.78, 5) is 15.3. The lowest BCUT2D eigenvalue weighted by Crippen LogP contribution is -2.40. The minimum Gasteiger partial charge on any atom is -0.345 e. The maximum absolute atomic E-state index is 11.5. The summed E-state index contributed by atoms with van der Waals surface area (Å²) in [5, 5.41) is 0. The molecule has 0 bridgehead atoms. The lowest BCUT2D eigenvalue weighted by Gasteiger charge is -2.25. The molecule has 0 rings (SSSR count). The van der Waals surface area contributed by atoms with E-state index in [-0.39, 0.29) is 5.91 Å². The van der Waals surface area contributed by atoms with Crippen LogP contribution in [0.2, 0.25) is 0 Å². The highest BCUT2D eigenvalue weighted by molar-refractivity contribution is 5.77. The number of nitrogens with zero attached hydrogens (tertiary/aromatic N) is 2. The van der Waals surface area contributed by atoms with E-state index in [1.165, 1.54) is 0 Å². The van der Waals surface area contributed by atoms with Gasteiger partial charge in [0.2, 0.25) is 5.91 Å². The van der Waals surface area contributed by atoms with E-state index in [9.17, 15) is 4.79 Å². The number of carbonyl (C=O) groups excluding carboxylic acids is 1. The minimum absolute atomic E-state index is 0.166. The molecule has 0 aromatic carbocycles. The van der Waals surface area contributed by atoms with E-state index in [1.54, 1.807) is 4.90 Å². The number of hydrogen-bond donors (Lipinski definition) is 1. The van der Waals surface area contributed by atoms with Crippen LogP contribution in [0, 0.1) is 0 Å². The third-order valence-electron chi connectivity index (χ3n) is 2.62. The third-order valence-corrected chi connectivity index (χ3v) is 2.62. The second-order valence-corrected chi connectivity index (χ2v) is 3.75. The Morgan fingerprint density at radius 1 is 1.43 bits per heavy atom. The van der Waals surface area contributed by atoms with E-state index in [4.69, 9.17) is 5.73 Å². The predicted octanol–water partition coefficient (Wildman–Crippen LogP) is 0.134. The first-order chi connectivity index (χ1) is 6.52. The van der Waals surface area contributed by atoms with Crippen LogP contribution in [0.3, 0.4) is 0 Å². The van der Waals surface area contributed by atoms with Gasteiger partial charge in [-0.25, -0.2) is 0 Å². The normalized spacial score (nSPS) is 13.0. The van der Waals surface area contributed by atoms with Crippen LogP contribution in [0.4, 0.5) is 0 Å². The fourth-order valence-electron chi connectivity index (χ4n) is 1.13. The lowest BCUT2D eigenvalue weighted by molar-refractivity contribution is -0.131. The van der Waals surface area contributed by atoms with Gasteiger partial charge in [-0.05, 0) is 33.9 Å². The summed E-state index contributed by atoms with van der Waals surface area (Å²) in [6.07, 6.45) is 0.930. The van der Waals surface area contributed by atoms with Gasteiger partial charge in [0.1, 0.15) is 0 Å². The highest BCUT2D eigenvalue weighted by Crippen LogP contribution is 2.00. The molecule has 1 amide bonds. The molecule has 0 saturated heterocycles. The van der Waals surface area contributed by atoms with Gasteiger partial charge in [-0.1, -0.05) is 0 Å². The quantitative estimate of drug-likeness (QED) is 0.665. The fraction of sp³-hybridized carbons (Fsp3) is 0.900. The first-order valence-corrected chi connectivity index (χ1v) is 5.17. The van der Waals surface area contributed by atoms with E-state index in [0.29, 0.717) is 19.1 Å². The van der Waals surface area contributed by atoms with Gasteiger partial charge >= 0.3 is 0 Å². The fourth-order valence-corrected chi connectivity index (χ4v) is 1.13. The Hall–Kier alpha value is -0.610. The molecule has 1 unspecified atom stereocenters. The van der Waals surface area contributed by atoms with Crippen molar-refractivity contribution in [3.63, 3.8) is 0 Å². The van der Waals surface area contributed by atoms with Crippen molar-refractivity contribution in [3.8, 4) is 0 Å². The molecule has 0 aliphatic rings. The van der Waals surface area contributed by atoms with Crippen molar-refractivity contribution in [3.05, 3.63) is 0 Å². The minimum atomic E-state index is 0.166. The Morgan fingerprint density at radius 2 is 2.00 bits per heavy atom. The van der Waals surface area contributed by atoms with Gasteiger partial charge in [0.05, 0.1) is 6.54 Å². The topological polar surface area (TPSA) is 49.6 Å². The van der Waals surface area contributed by atoms with Crippen molar-refractivity contribution >= 4 is 5.91 Å². The van der Waals surface area contributed by atoms with Crippen molar-refractivity contribution in [2.45, 2.75) is 26.3 Å². The summed E-state index contributed by atoms with van der Waals surface area (Å²) in [7, 11) is 3.78. The summed E-state index contributed by atoms with van der Waals surface area (Å²) < 4.78 is 0. The Balaban J connectivity index is 3.92. The molecule has 4 heteroatoms. The number of likely N-dealkylation sites (N-methyl/N-ethyl adjacent to an activating group) is 2. The molecule has 0 heterocycles. The van der Waals surface area contributed by atoms with Gasteiger partial charge in [-0.3, -0.25) is 9.69 Å². The van der Waals surface area contributed by atoms with Crippen molar-refractivity contribution in [2.24, 2.45) is 5.73 Å². The molecule has 1 atom stereocenters. The number of hydrogen-bond acceptors (Lipinski definition) is 3. The van der Waals surface area contributed by atoms with Crippen molar-refractivity contribution < 1.29 is 4.79 Å². The Bertz CT molecular complexity index is 173. The SMILES string of the molecule is CCN(C)C(=O)CN(C)C(C)CCN. The molecule has 0 aromatic heterocycles. The van der Waals surface area contributed by atoms with Gasteiger partial charge < -0.3 is 10.6 Å². The van der Waals surface area contributed by atoms with Crippen LogP contribution in [-0.4, -0.2) is 55.5 Å². The van der Waals surface area contributed by atoms with E-state index in [0.717, 1.165) is 13.0 Å². The summed E-state index contributed by atoms with van der Waals surface area (Å²) in [6.45, 7) is 5.97. The molecule has 84 valence electrons. The molecule has 0 radical (unpaired) electrons. The number of carbonyl (C=O) groups is 1. The van der Waals surface area contributed by atoms with Gasteiger partial charge in [0.15, 0.2) is 0 Å². The summed E-state index contributed by atoms with van der Waals surface area (Å²) in [5.74, 6) is 0.166. The Kier molecular flexibility index (Phi) is 6.49. The second kappa shape index (κ2) is 6.79. The number of amides is 1. The maximum atomic E-state index is 11.5. The summed E-state index contributed by atoms with van der Waals surface area (Å²) in [6, 6.07) is 0.370. The van der Waals surface area contributed by atoms with Crippen LogP contribution >= 0.6 is 0 Å². The van der Waals surface area contributed by atoms with Gasteiger partial charge in [0, 0.05) is 19.6 Å². The van der Waals surface area contributed by atoms with Gasteiger partial charge in [-0.2, -0.15) is 0 Å².